The molecular formula is C22H24O8. The van der Waals surface area contributed by atoms with Crippen LogP contribution >= 0.6 is 0 Å². The molecule has 0 fully saturated rings. The van der Waals surface area contributed by atoms with E-state index in [2.05, 4.69) is 0 Å². The summed E-state index contributed by atoms with van der Waals surface area (Å²) in [6, 6.07) is 14.0. The maximum absolute atomic E-state index is 11.0. The van der Waals surface area contributed by atoms with Gasteiger partial charge in [-0.2, -0.15) is 0 Å². The summed E-state index contributed by atoms with van der Waals surface area (Å²) in [4.78, 5) is 32.6. The Morgan fingerprint density at radius 2 is 1.37 bits per heavy atom. The van der Waals surface area contributed by atoms with Gasteiger partial charge in [-0.1, -0.05) is 24.3 Å². The number of carbonyl (C=O) groups is 3. The van der Waals surface area contributed by atoms with Crippen LogP contribution in [0.25, 0.3) is 0 Å². The first-order valence-corrected chi connectivity index (χ1v) is 9.39. The largest absolute Gasteiger partial charge is 0.493 e. The van der Waals surface area contributed by atoms with Crippen LogP contribution in [0.5, 0.6) is 11.5 Å². The van der Waals surface area contributed by atoms with E-state index in [9.17, 15) is 14.4 Å². The van der Waals surface area contributed by atoms with Gasteiger partial charge in [-0.25, -0.2) is 0 Å². The Labute approximate surface area is 173 Å². The van der Waals surface area contributed by atoms with E-state index in [1.54, 1.807) is 43.3 Å². The molecule has 0 aliphatic carbocycles. The third-order valence-electron chi connectivity index (χ3n) is 4.34. The molecule has 0 bridgehead atoms. The topological polar surface area (TPSA) is 130 Å². The first-order chi connectivity index (χ1) is 14.2. The zero-order valence-corrected chi connectivity index (χ0v) is 16.5. The fourth-order valence-corrected chi connectivity index (χ4v) is 2.78. The van der Waals surface area contributed by atoms with E-state index in [1.807, 2.05) is 12.1 Å². The minimum absolute atomic E-state index is 0.0678. The highest BCUT2D eigenvalue weighted by Gasteiger charge is 2.25. The molecule has 8 heteroatoms. The summed E-state index contributed by atoms with van der Waals surface area (Å²) in [7, 11) is 0. The monoisotopic (exact) mass is 416 g/mol. The SMILES string of the molecule is CC(CC(=O)O)Oc1ccc(CCOc2ccc(CC(C(=O)O)C(=O)O)cc2)cc1. The van der Waals surface area contributed by atoms with Gasteiger partial charge in [0.15, 0.2) is 5.92 Å². The van der Waals surface area contributed by atoms with Gasteiger partial charge in [0.2, 0.25) is 0 Å². The zero-order valence-electron chi connectivity index (χ0n) is 16.5. The molecule has 0 saturated carbocycles. The average molecular weight is 416 g/mol. The summed E-state index contributed by atoms with van der Waals surface area (Å²) in [6.07, 6.45) is 0.0692. The fourth-order valence-electron chi connectivity index (χ4n) is 2.78. The first kappa shape index (κ1) is 22.7. The molecule has 1 unspecified atom stereocenters. The normalized spacial score (nSPS) is 11.7. The van der Waals surface area contributed by atoms with Crippen molar-refractivity contribution in [3.8, 4) is 11.5 Å². The third-order valence-corrected chi connectivity index (χ3v) is 4.34. The van der Waals surface area contributed by atoms with E-state index in [1.165, 1.54) is 0 Å². The van der Waals surface area contributed by atoms with Crippen LogP contribution in [-0.2, 0) is 27.2 Å². The summed E-state index contributed by atoms with van der Waals surface area (Å²) in [5.74, 6) is -3.91. The quantitative estimate of drug-likeness (QED) is 0.450. The molecule has 0 radical (unpaired) electrons. The second kappa shape index (κ2) is 10.8. The summed E-state index contributed by atoms with van der Waals surface area (Å²) in [5.41, 5.74) is 1.63. The predicted octanol–water partition coefficient (Wildman–Crippen LogP) is 2.88. The van der Waals surface area contributed by atoms with E-state index >= 15 is 0 Å². The lowest BCUT2D eigenvalue weighted by Crippen LogP contribution is -2.25. The van der Waals surface area contributed by atoms with Gasteiger partial charge >= 0.3 is 17.9 Å². The van der Waals surface area contributed by atoms with Gasteiger partial charge < -0.3 is 24.8 Å². The van der Waals surface area contributed by atoms with Gasteiger partial charge in [0.25, 0.3) is 0 Å². The number of hydrogen-bond donors (Lipinski definition) is 3. The number of aliphatic carboxylic acids is 3. The molecule has 160 valence electrons. The highest BCUT2D eigenvalue weighted by molar-refractivity contribution is 5.93. The van der Waals surface area contributed by atoms with E-state index in [4.69, 9.17) is 24.8 Å². The fraction of sp³-hybridized carbons (Fsp3) is 0.318. The van der Waals surface area contributed by atoms with E-state index < -0.39 is 29.9 Å². The van der Waals surface area contributed by atoms with E-state index in [0.717, 1.165) is 5.56 Å². The smallest absolute Gasteiger partial charge is 0.318 e. The molecule has 0 saturated heterocycles. The lowest BCUT2D eigenvalue weighted by atomic mass is 10.00. The molecule has 2 rings (SSSR count). The highest BCUT2D eigenvalue weighted by Crippen LogP contribution is 2.18. The maximum Gasteiger partial charge on any atom is 0.318 e. The summed E-state index contributed by atoms with van der Waals surface area (Å²) in [5, 5.41) is 26.6. The van der Waals surface area contributed by atoms with Crippen LogP contribution in [0.3, 0.4) is 0 Å². The molecule has 0 aliphatic heterocycles. The van der Waals surface area contributed by atoms with Crippen molar-refractivity contribution in [3.05, 3.63) is 59.7 Å². The molecule has 0 heterocycles. The van der Waals surface area contributed by atoms with Crippen LogP contribution in [0.4, 0.5) is 0 Å². The summed E-state index contributed by atoms with van der Waals surface area (Å²) < 4.78 is 11.2. The second-order valence-electron chi connectivity index (χ2n) is 6.85. The van der Waals surface area contributed by atoms with Crippen LogP contribution in [0, 0.1) is 5.92 Å². The van der Waals surface area contributed by atoms with Crippen molar-refractivity contribution >= 4 is 17.9 Å². The van der Waals surface area contributed by atoms with Crippen molar-refractivity contribution in [2.75, 3.05) is 6.61 Å². The number of carboxylic acids is 3. The molecule has 2 aromatic carbocycles. The standard InChI is InChI=1S/C22H24O8/c1-14(12-20(23)24)30-18-8-2-15(3-9-18)10-11-29-17-6-4-16(5-7-17)13-19(21(25)26)22(27)28/h2-9,14,19H,10-13H2,1H3,(H,23,24)(H,25,26)(H,27,28). The van der Waals surface area contributed by atoms with E-state index in [0.29, 0.717) is 30.1 Å². The Morgan fingerprint density at radius 1 is 0.833 bits per heavy atom. The average Bonchev–Trinajstić information content (AvgIpc) is 2.67. The van der Waals surface area contributed by atoms with Crippen LogP contribution in [0.1, 0.15) is 24.5 Å². The Kier molecular flexibility index (Phi) is 8.22. The Hall–Kier alpha value is -3.55. The van der Waals surface area contributed by atoms with Crippen molar-refractivity contribution < 1.29 is 39.2 Å². The number of hydrogen-bond acceptors (Lipinski definition) is 5. The molecule has 8 nitrogen and oxygen atoms in total. The second-order valence-corrected chi connectivity index (χ2v) is 6.85. The predicted molar refractivity (Wildman–Crippen MR) is 107 cm³/mol. The number of ether oxygens (including phenoxy) is 2. The molecule has 3 N–H and O–H groups in total. The van der Waals surface area contributed by atoms with Crippen LogP contribution in [0.15, 0.2) is 48.5 Å². The summed E-state index contributed by atoms with van der Waals surface area (Å²) >= 11 is 0. The number of rotatable bonds is 12. The van der Waals surface area contributed by atoms with Crippen molar-refractivity contribution in [2.45, 2.75) is 32.3 Å². The molecular weight excluding hydrogens is 392 g/mol. The van der Waals surface area contributed by atoms with Gasteiger partial charge in [0, 0.05) is 6.42 Å². The van der Waals surface area contributed by atoms with Crippen molar-refractivity contribution in [3.63, 3.8) is 0 Å². The Balaban J connectivity index is 1.80. The number of carboxylic acid groups (broad SMARTS) is 3. The van der Waals surface area contributed by atoms with Gasteiger partial charge in [-0.15, -0.1) is 0 Å². The minimum atomic E-state index is -1.48. The van der Waals surface area contributed by atoms with Crippen LogP contribution in [0.2, 0.25) is 0 Å². The molecule has 0 amide bonds. The molecule has 1 atom stereocenters. The highest BCUT2D eigenvalue weighted by atomic mass is 16.5. The van der Waals surface area contributed by atoms with Crippen molar-refractivity contribution in [1.29, 1.82) is 0 Å². The van der Waals surface area contributed by atoms with Crippen LogP contribution < -0.4 is 9.47 Å². The molecule has 0 spiro atoms. The van der Waals surface area contributed by atoms with Gasteiger partial charge in [0.1, 0.15) is 17.6 Å². The lowest BCUT2D eigenvalue weighted by molar-refractivity contribution is -0.154. The summed E-state index contributed by atoms with van der Waals surface area (Å²) in [6.45, 7) is 2.12. The molecule has 30 heavy (non-hydrogen) atoms. The number of benzene rings is 2. The zero-order chi connectivity index (χ0) is 22.1. The van der Waals surface area contributed by atoms with E-state index in [-0.39, 0.29) is 12.8 Å². The molecule has 2 aromatic rings. The van der Waals surface area contributed by atoms with Crippen molar-refractivity contribution in [2.24, 2.45) is 5.92 Å². The van der Waals surface area contributed by atoms with Gasteiger partial charge in [0.05, 0.1) is 13.0 Å². The third kappa shape index (κ3) is 7.46. The molecule has 0 aliphatic rings. The minimum Gasteiger partial charge on any atom is -0.493 e. The maximum atomic E-state index is 11.0. The van der Waals surface area contributed by atoms with Crippen LogP contribution in [-0.4, -0.2) is 45.9 Å². The van der Waals surface area contributed by atoms with Gasteiger partial charge in [-0.05, 0) is 48.7 Å². The van der Waals surface area contributed by atoms with Gasteiger partial charge in [-0.3, -0.25) is 14.4 Å². The Morgan fingerprint density at radius 3 is 1.90 bits per heavy atom. The van der Waals surface area contributed by atoms with Crippen molar-refractivity contribution in [1.82, 2.24) is 0 Å². The Bertz CT molecular complexity index is 844. The lowest BCUT2D eigenvalue weighted by Gasteiger charge is -2.13. The molecule has 0 aromatic heterocycles. The first-order valence-electron chi connectivity index (χ1n) is 9.39.